The molecule has 0 saturated heterocycles. The maximum absolute atomic E-state index is 6.20. The molecule has 4 heteroatoms. The van der Waals surface area contributed by atoms with Crippen LogP contribution in [-0.4, -0.2) is 25.2 Å². The highest BCUT2D eigenvalue weighted by atomic mass is 35.5. The second-order valence-electron chi connectivity index (χ2n) is 4.16. The monoisotopic (exact) mass is 256 g/mol. The van der Waals surface area contributed by atoms with Crippen LogP contribution in [0.3, 0.4) is 0 Å². The Morgan fingerprint density at radius 3 is 2.88 bits per heavy atom. The van der Waals surface area contributed by atoms with Gasteiger partial charge >= 0.3 is 0 Å². The van der Waals surface area contributed by atoms with Crippen molar-refractivity contribution in [2.75, 3.05) is 20.3 Å². The van der Waals surface area contributed by atoms with Gasteiger partial charge in [0.1, 0.15) is 0 Å². The van der Waals surface area contributed by atoms with Gasteiger partial charge in [0.2, 0.25) is 0 Å². The van der Waals surface area contributed by atoms with E-state index in [9.17, 15) is 0 Å². The third-order valence-electron chi connectivity index (χ3n) is 2.85. The molecule has 96 valence electrons. The third-order valence-corrected chi connectivity index (χ3v) is 3.17. The van der Waals surface area contributed by atoms with Gasteiger partial charge in [-0.3, -0.25) is 4.98 Å². The second kappa shape index (κ2) is 7.64. The number of nitrogens with one attached hydrogen (secondary N) is 1. The molecule has 0 aliphatic rings. The van der Waals surface area contributed by atoms with E-state index < -0.39 is 0 Å². The van der Waals surface area contributed by atoms with Crippen LogP contribution >= 0.6 is 11.6 Å². The summed E-state index contributed by atoms with van der Waals surface area (Å²) in [4.78, 5) is 4.39. The molecule has 0 aliphatic heterocycles. The van der Waals surface area contributed by atoms with Gasteiger partial charge in [-0.2, -0.15) is 0 Å². The standard InChI is InChI=1S/C13H21ClN2O/c1-4-15-12(10(2)7-9-17-3)13-11(14)6-5-8-16-13/h5-6,8,10,12,15H,4,7,9H2,1-3H3. The van der Waals surface area contributed by atoms with E-state index in [4.69, 9.17) is 16.3 Å². The Labute approximate surface area is 109 Å². The fourth-order valence-corrected chi connectivity index (χ4v) is 2.12. The zero-order valence-corrected chi connectivity index (χ0v) is 11.5. The predicted octanol–water partition coefficient (Wildman–Crippen LogP) is 3.06. The van der Waals surface area contributed by atoms with Crippen molar-refractivity contribution in [3.05, 3.63) is 29.0 Å². The van der Waals surface area contributed by atoms with E-state index in [1.807, 2.05) is 12.1 Å². The van der Waals surface area contributed by atoms with Crippen LogP contribution in [0.15, 0.2) is 18.3 Å². The molecule has 1 rings (SSSR count). The quantitative estimate of drug-likeness (QED) is 0.814. The molecule has 0 bridgehead atoms. The van der Waals surface area contributed by atoms with Crippen LogP contribution in [-0.2, 0) is 4.74 Å². The first-order valence-corrected chi connectivity index (χ1v) is 6.41. The Bertz CT molecular complexity index is 333. The molecule has 0 spiro atoms. The van der Waals surface area contributed by atoms with E-state index in [0.717, 1.165) is 30.3 Å². The number of aromatic nitrogens is 1. The summed E-state index contributed by atoms with van der Waals surface area (Å²) >= 11 is 6.20. The Kier molecular flexibility index (Phi) is 6.48. The molecule has 3 nitrogen and oxygen atoms in total. The molecule has 0 aromatic carbocycles. The summed E-state index contributed by atoms with van der Waals surface area (Å²) in [5, 5.41) is 4.17. The molecule has 1 aromatic rings. The number of ether oxygens (including phenoxy) is 1. The van der Waals surface area contributed by atoms with Gasteiger partial charge in [-0.25, -0.2) is 0 Å². The number of hydrogen-bond donors (Lipinski definition) is 1. The summed E-state index contributed by atoms with van der Waals surface area (Å²) in [5.41, 5.74) is 0.930. The van der Waals surface area contributed by atoms with Crippen molar-refractivity contribution < 1.29 is 4.74 Å². The molecular formula is C13H21ClN2O. The van der Waals surface area contributed by atoms with Gasteiger partial charge in [-0.05, 0) is 31.0 Å². The number of rotatable bonds is 7. The molecule has 1 heterocycles. The number of nitrogens with zero attached hydrogens (tertiary/aromatic N) is 1. The molecule has 0 amide bonds. The molecule has 2 unspecified atom stereocenters. The van der Waals surface area contributed by atoms with Crippen LogP contribution < -0.4 is 5.32 Å². The van der Waals surface area contributed by atoms with Gasteiger partial charge in [0.25, 0.3) is 0 Å². The second-order valence-corrected chi connectivity index (χ2v) is 4.57. The van der Waals surface area contributed by atoms with Gasteiger partial charge in [-0.15, -0.1) is 0 Å². The fraction of sp³-hybridized carbons (Fsp3) is 0.615. The number of pyridine rings is 1. The van der Waals surface area contributed by atoms with Crippen molar-refractivity contribution in [1.29, 1.82) is 0 Å². The highest BCUT2D eigenvalue weighted by molar-refractivity contribution is 6.31. The largest absolute Gasteiger partial charge is 0.385 e. The van der Waals surface area contributed by atoms with Crippen molar-refractivity contribution in [3.63, 3.8) is 0 Å². The first-order chi connectivity index (χ1) is 8.20. The van der Waals surface area contributed by atoms with E-state index >= 15 is 0 Å². The van der Waals surface area contributed by atoms with Crippen molar-refractivity contribution in [1.82, 2.24) is 10.3 Å². The minimum absolute atomic E-state index is 0.184. The molecule has 1 aromatic heterocycles. The normalized spacial score (nSPS) is 14.6. The van der Waals surface area contributed by atoms with Gasteiger partial charge in [-0.1, -0.05) is 25.4 Å². The summed E-state index contributed by atoms with van der Waals surface area (Å²) in [6.45, 7) is 5.94. The van der Waals surface area contributed by atoms with Crippen LogP contribution in [0.4, 0.5) is 0 Å². The van der Waals surface area contributed by atoms with Crippen LogP contribution in [0.2, 0.25) is 5.02 Å². The highest BCUT2D eigenvalue weighted by Gasteiger charge is 2.21. The number of halogens is 1. The predicted molar refractivity (Wildman–Crippen MR) is 71.3 cm³/mol. The molecule has 0 radical (unpaired) electrons. The lowest BCUT2D eigenvalue weighted by Crippen LogP contribution is -2.28. The Morgan fingerprint density at radius 2 is 2.29 bits per heavy atom. The summed E-state index contributed by atoms with van der Waals surface area (Å²) in [7, 11) is 1.72. The molecule has 1 N–H and O–H groups in total. The average Bonchev–Trinajstić information content (AvgIpc) is 2.34. The smallest absolute Gasteiger partial charge is 0.0761 e. The first kappa shape index (κ1) is 14.4. The maximum atomic E-state index is 6.20. The van der Waals surface area contributed by atoms with Crippen LogP contribution in [0.5, 0.6) is 0 Å². The van der Waals surface area contributed by atoms with Crippen molar-refractivity contribution >= 4 is 11.6 Å². The average molecular weight is 257 g/mol. The Morgan fingerprint density at radius 1 is 1.53 bits per heavy atom. The van der Waals surface area contributed by atoms with Crippen LogP contribution in [0.1, 0.15) is 32.0 Å². The van der Waals surface area contributed by atoms with E-state index in [0.29, 0.717) is 5.92 Å². The fourth-order valence-electron chi connectivity index (χ4n) is 1.88. The zero-order chi connectivity index (χ0) is 12.7. The lowest BCUT2D eigenvalue weighted by atomic mass is 9.95. The van der Waals surface area contributed by atoms with E-state index in [1.165, 1.54) is 0 Å². The van der Waals surface area contributed by atoms with Gasteiger partial charge in [0.15, 0.2) is 0 Å². The Hall–Kier alpha value is -0.640. The van der Waals surface area contributed by atoms with Gasteiger partial charge in [0.05, 0.1) is 16.8 Å². The SMILES string of the molecule is CCNC(c1ncccc1Cl)C(C)CCOC. The zero-order valence-electron chi connectivity index (χ0n) is 10.7. The van der Waals surface area contributed by atoms with Gasteiger partial charge < -0.3 is 10.1 Å². The van der Waals surface area contributed by atoms with E-state index in [2.05, 4.69) is 24.1 Å². The molecule has 0 aliphatic carbocycles. The lowest BCUT2D eigenvalue weighted by Gasteiger charge is -2.24. The van der Waals surface area contributed by atoms with E-state index in [-0.39, 0.29) is 6.04 Å². The highest BCUT2D eigenvalue weighted by Crippen LogP contribution is 2.28. The van der Waals surface area contributed by atoms with E-state index in [1.54, 1.807) is 13.3 Å². The molecule has 0 fully saturated rings. The minimum Gasteiger partial charge on any atom is -0.385 e. The van der Waals surface area contributed by atoms with Crippen molar-refractivity contribution in [3.8, 4) is 0 Å². The summed E-state index contributed by atoms with van der Waals surface area (Å²) in [6, 6.07) is 3.93. The van der Waals surface area contributed by atoms with Crippen molar-refractivity contribution in [2.45, 2.75) is 26.3 Å². The van der Waals surface area contributed by atoms with Crippen molar-refractivity contribution in [2.24, 2.45) is 5.92 Å². The number of methoxy groups -OCH3 is 1. The molecular weight excluding hydrogens is 236 g/mol. The summed E-state index contributed by atoms with van der Waals surface area (Å²) in [5.74, 6) is 0.433. The third kappa shape index (κ3) is 4.26. The van der Waals surface area contributed by atoms with Gasteiger partial charge in [0, 0.05) is 19.9 Å². The minimum atomic E-state index is 0.184. The molecule has 2 atom stereocenters. The topological polar surface area (TPSA) is 34.2 Å². The summed E-state index contributed by atoms with van der Waals surface area (Å²) in [6.07, 6.45) is 2.77. The number of hydrogen-bond acceptors (Lipinski definition) is 3. The lowest BCUT2D eigenvalue weighted by molar-refractivity contribution is 0.170. The molecule has 0 saturated carbocycles. The molecule has 17 heavy (non-hydrogen) atoms. The van der Waals surface area contributed by atoms with Crippen LogP contribution in [0, 0.1) is 5.92 Å². The first-order valence-electron chi connectivity index (χ1n) is 6.03. The Balaban J connectivity index is 2.81. The summed E-state index contributed by atoms with van der Waals surface area (Å²) < 4.78 is 5.13. The van der Waals surface area contributed by atoms with Crippen LogP contribution in [0.25, 0.3) is 0 Å². The maximum Gasteiger partial charge on any atom is 0.0761 e.